The third kappa shape index (κ3) is 4.90. The molecule has 53 heavy (non-hydrogen) atoms. The van der Waals surface area contributed by atoms with Crippen molar-refractivity contribution in [1.82, 2.24) is 0 Å². The molecule has 3 heterocycles. The summed E-state index contributed by atoms with van der Waals surface area (Å²) in [7, 11) is 0. The van der Waals surface area contributed by atoms with Crippen LogP contribution >= 0.6 is 11.3 Å². The monoisotopic (exact) mass is 698 g/mol. The predicted octanol–water partition coefficient (Wildman–Crippen LogP) is 14.7. The molecule has 1 aliphatic rings. The number of furan rings is 1. The highest BCUT2D eigenvalue weighted by atomic mass is 32.1. The first-order chi connectivity index (χ1) is 26.2. The number of para-hydroxylation sites is 3. The van der Waals surface area contributed by atoms with Gasteiger partial charge in [0.15, 0.2) is 11.5 Å². The highest BCUT2D eigenvalue weighted by molar-refractivity contribution is 7.25. The highest BCUT2D eigenvalue weighted by Crippen LogP contribution is 2.53. The van der Waals surface area contributed by atoms with Crippen molar-refractivity contribution in [2.24, 2.45) is 0 Å². The van der Waals surface area contributed by atoms with Crippen LogP contribution in [0.5, 0.6) is 11.5 Å². The third-order valence-electron chi connectivity index (χ3n) is 10.2. The molecule has 0 saturated heterocycles. The van der Waals surface area contributed by atoms with Gasteiger partial charge in [0.05, 0.1) is 17.1 Å². The summed E-state index contributed by atoms with van der Waals surface area (Å²) in [6.07, 6.45) is 0. The van der Waals surface area contributed by atoms with Crippen LogP contribution in [0.2, 0.25) is 0 Å². The minimum Gasteiger partial charge on any atom is -0.456 e. The van der Waals surface area contributed by atoms with Crippen LogP contribution in [0.25, 0.3) is 53.2 Å². The van der Waals surface area contributed by atoms with Crippen LogP contribution in [0.3, 0.4) is 0 Å². The Morgan fingerprint density at radius 3 is 2.04 bits per heavy atom. The number of thiophene rings is 1. The maximum Gasteiger partial charge on any atom is 0.153 e. The van der Waals surface area contributed by atoms with Crippen LogP contribution in [0.15, 0.2) is 186 Å². The van der Waals surface area contributed by atoms with E-state index in [0.717, 1.165) is 73.1 Å². The number of rotatable bonds is 5. The lowest BCUT2D eigenvalue weighted by Gasteiger charge is -2.34. The number of hydrogen-bond acceptors (Lipinski definition) is 5. The topological polar surface area (TPSA) is 28.9 Å². The van der Waals surface area contributed by atoms with Crippen molar-refractivity contribution in [3.05, 3.63) is 182 Å². The van der Waals surface area contributed by atoms with E-state index in [4.69, 9.17) is 9.15 Å². The fourth-order valence-electron chi connectivity index (χ4n) is 7.77. The number of nitrogens with zero attached hydrogens (tertiary/aromatic N) is 2. The molecule has 5 heteroatoms. The Morgan fingerprint density at radius 2 is 1.09 bits per heavy atom. The van der Waals surface area contributed by atoms with Gasteiger partial charge in [0.2, 0.25) is 0 Å². The summed E-state index contributed by atoms with van der Waals surface area (Å²) in [6, 6.07) is 64.2. The molecule has 0 bridgehead atoms. The molecular formula is C48H30N2O2S. The van der Waals surface area contributed by atoms with Gasteiger partial charge in [-0.15, -0.1) is 11.3 Å². The molecule has 1 aliphatic heterocycles. The first-order valence-corrected chi connectivity index (χ1v) is 18.6. The Kier molecular flexibility index (Phi) is 6.69. The van der Waals surface area contributed by atoms with Gasteiger partial charge in [0.25, 0.3) is 0 Å². The predicted molar refractivity (Wildman–Crippen MR) is 221 cm³/mol. The normalized spacial score (nSPS) is 12.3. The van der Waals surface area contributed by atoms with E-state index < -0.39 is 0 Å². The molecule has 0 unspecified atom stereocenters. The Morgan fingerprint density at radius 1 is 0.415 bits per heavy atom. The molecule has 2 aromatic heterocycles. The Labute approximate surface area is 310 Å². The maximum absolute atomic E-state index is 6.74. The molecule has 0 atom stereocenters. The van der Waals surface area contributed by atoms with Gasteiger partial charge in [-0.3, -0.25) is 0 Å². The molecule has 0 amide bonds. The maximum atomic E-state index is 6.74. The second-order valence-corrected chi connectivity index (χ2v) is 14.5. The summed E-state index contributed by atoms with van der Waals surface area (Å²) in [5.74, 6) is 1.57. The zero-order valence-corrected chi connectivity index (χ0v) is 29.3. The standard InChI is InChI=1S/C48H30N2O2S/c1-2-11-31(12-3-1)32-13-10-14-33(27-32)49(36-22-25-40-39-16-5-9-20-47(39)53-48(40)30-36)34-23-26-42-46(29-34)52-44-19-8-6-17-41(44)50(42)35-21-24-38-37-15-4-7-18-43(37)51-45(38)28-35/h1-30H. The summed E-state index contributed by atoms with van der Waals surface area (Å²) < 4.78 is 15.6. The molecule has 11 rings (SSSR count). The molecule has 0 saturated carbocycles. The number of fused-ring (bicyclic) bond motifs is 8. The van der Waals surface area contributed by atoms with E-state index in [2.05, 4.69) is 168 Å². The van der Waals surface area contributed by atoms with Crippen molar-refractivity contribution in [3.8, 4) is 22.6 Å². The van der Waals surface area contributed by atoms with Gasteiger partial charge >= 0.3 is 0 Å². The van der Waals surface area contributed by atoms with E-state index >= 15 is 0 Å². The Bertz CT molecular complexity index is 3020. The first-order valence-electron chi connectivity index (χ1n) is 17.7. The van der Waals surface area contributed by atoms with Crippen molar-refractivity contribution >= 4 is 87.6 Å². The van der Waals surface area contributed by atoms with Gasteiger partial charge in [0.1, 0.15) is 11.2 Å². The molecule has 0 N–H and O–H groups in total. The van der Waals surface area contributed by atoms with Crippen molar-refractivity contribution in [3.63, 3.8) is 0 Å². The number of anilines is 6. The van der Waals surface area contributed by atoms with Gasteiger partial charge in [-0.05, 0) is 83.9 Å². The number of benzene rings is 8. The summed E-state index contributed by atoms with van der Waals surface area (Å²) in [5, 5.41) is 4.78. The van der Waals surface area contributed by atoms with Gasteiger partial charge in [-0.1, -0.05) is 97.1 Å². The van der Waals surface area contributed by atoms with E-state index in [1.165, 1.54) is 25.7 Å². The van der Waals surface area contributed by atoms with E-state index in [1.807, 2.05) is 35.6 Å². The van der Waals surface area contributed by atoms with Crippen LogP contribution in [-0.4, -0.2) is 0 Å². The van der Waals surface area contributed by atoms with Crippen molar-refractivity contribution in [1.29, 1.82) is 0 Å². The van der Waals surface area contributed by atoms with E-state index in [9.17, 15) is 0 Å². The Balaban J connectivity index is 1.08. The largest absolute Gasteiger partial charge is 0.456 e. The Hall–Kier alpha value is -6.82. The van der Waals surface area contributed by atoms with Crippen LogP contribution in [-0.2, 0) is 0 Å². The number of ether oxygens (including phenoxy) is 1. The molecule has 0 radical (unpaired) electrons. The molecule has 250 valence electrons. The van der Waals surface area contributed by atoms with Gasteiger partial charge in [0, 0.05) is 60.1 Å². The van der Waals surface area contributed by atoms with Gasteiger partial charge in [-0.25, -0.2) is 0 Å². The van der Waals surface area contributed by atoms with Gasteiger partial charge < -0.3 is 19.0 Å². The molecule has 0 aliphatic carbocycles. The lowest BCUT2D eigenvalue weighted by atomic mass is 10.0. The van der Waals surface area contributed by atoms with E-state index in [1.54, 1.807) is 0 Å². The fraction of sp³-hybridized carbons (Fsp3) is 0. The average Bonchev–Trinajstić information content (AvgIpc) is 3.78. The second-order valence-electron chi connectivity index (χ2n) is 13.4. The molecular weight excluding hydrogens is 669 g/mol. The molecule has 4 nitrogen and oxygen atoms in total. The third-order valence-corrected chi connectivity index (χ3v) is 11.4. The lowest BCUT2D eigenvalue weighted by Crippen LogP contribution is -2.17. The summed E-state index contributed by atoms with van der Waals surface area (Å²) >= 11 is 1.83. The molecule has 0 fully saturated rings. The molecule has 8 aromatic carbocycles. The van der Waals surface area contributed by atoms with Crippen molar-refractivity contribution in [2.45, 2.75) is 0 Å². The SMILES string of the molecule is c1ccc(-c2cccc(N(c3ccc4c(c3)Oc3ccccc3N4c3ccc4c(c3)oc3ccccc34)c3ccc4c(c3)sc3ccccc34)c2)cc1. The zero-order valence-electron chi connectivity index (χ0n) is 28.4. The minimum absolute atomic E-state index is 0.776. The number of hydrogen-bond donors (Lipinski definition) is 0. The fourth-order valence-corrected chi connectivity index (χ4v) is 8.91. The lowest BCUT2D eigenvalue weighted by molar-refractivity contribution is 0.477. The smallest absolute Gasteiger partial charge is 0.153 e. The zero-order chi connectivity index (χ0) is 34.9. The van der Waals surface area contributed by atoms with E-state index in [0.29, 0.717) is 0 Å². The summed E-state index contributed by atoms with van der Waals surface area (Å²) in [6.45, 7) is 0. The van der Waals surface area contributed by atoms with Crippen LogP contribution in [0.1, 0.15) is 0 Å². The van der Waals surface area contributed by atoms with Crippen LogP contribution in [0.4, 0.5) is 34.1 Å². The second kappa shape index (κ2) is 11.9. The quantitative estimate of drug-likeness (QED) is 0.179. The van der Waals surface area contributed by atoms with Crippen LogP contribution < -0.4 is 14.5 Å². The molecule has 10 aromatic rings. The summed E-state index contributed by atoms with van der Waals surface area (Å²) in [5.41, 5.74) is 10.2. The average molecular weight is 699 g/mol. The van der Waals surface area contributed by atoms with Crippen LogP contribution in [0, 0.1) is 0 Å². The van der Waals surface area contributed by atoms with Gasteiger partial charge in [-0.2, -0.15) is 0 Å². The van der Waals surface area contributed by atoms with Crippen molar-refractivity contribution < 1.29 is 9.15 Å². The first kappa shape index (κ1) is 29.9. The van der Waals surface area contributed by atoms with E-state index in [-0.39, 0.29) is 0 Å². The van der Waals surface area contributed by atoms with Crippen molar-refractivity contribution in [2.75, 3.05) is 9.80 Å². The highest BCUT2D eigenvalue weighted by Gasteiger charge is 2.28. The summed E-state index contributed by atoms with van der Waals surface area (Å²) in [4.78, 5) is 4.61. The molecule has 0 spiro atoms. The minimum atomic E-state index is 0.776.